The predicted molar refractivity (Wildman–Crippen MR) is 71.9 cm³/mol. The van der Waals surface area contributed by atoms with E-state index in [0.717, 1.165) is 12.1 Å². The zero-order valence-electron chi connectivity index (χ0n) is 9.31. The lowest BCUT2D eigenvalue weighted by Crippen LogP contribution is -1.93. The van der Waals surface area contributed by atoms with E-state index < -0.39 is 0 Å². The average molecular weight is 229 g/mol. The molecule has 0 saturated carbocycles. The van der Waals surface area contributed by atoms with Crippen LogP contribution in [0.5, 0.6) is 0 Å². The minimum absolute atomic E-state index is 0.837. The topological polar surface area (TPSA) is 26.0 Å². The van der Waals surface area contributed by atoms with Crippen LogP contribution in [0.15, 0.2) is 53.4 Å². The lowest BCUT2D eigenvalue weighted by atomic mass is 10.0. The van der Waals surface area contributed by atoms with Crippen LogP contribution < -0.4 is 5.73 Å². The van der Waals surface area contributed by atoms with Gasteiger partial charge in [0.05, 0.1) is 0 Å². The highest BCUT2D eigenvalue weighted by molar-refractivity contribution is 7.98. The Kier molecular flexibility index (Phi) is 3.52. The van der Waals surface area contributed by atoms with Crippen molar-refractivity contribution in [2.75, 3.05) is 12.0 Å². The zero-order valence-corrected chi connectivity index (χ0v) is 10.1. The standard InChI is InChI=1S/C14H15NS/c1-16-14-8-7-13(15)10-12(14)9-11-5-3-2-4-6-11/h2-8,10H,9,15H2,1H3. The molecule has 16 heavy (non-hydrogen) atoms. The number of hydrogen-bond acceptors (Lipinski definition) is 2. The molecule has 0 aliphatic rings. The molecule has 0 aromatic heterocycles. The van der Waals surface area contributed by atoms with Gasteiger partial charge < -0.3 is 5.73 Å². The molecular formula is C14H15NS. The number of benzene rings is 2. The first-order chi connectivity index (χ1) is 7.79. The van der Waals surface area contributed by atoms with Crippen LogP contribution in [0.1, 0.15) is 11.1 Å². The molecule has 2 N–H and O–H groups in total. The summed E-state index contributed by atoms with van der Waals surface area (Å²) in [5.74, 6) is 0. The Labute approximate surface area is 101 Å². The molecular weight excluding hydrogens is 214 g/mol. The average Bonchev–Trinajstić information content (AvgIpc) is 2.31. The van der Waals surface area contributed by atoms with Crippen molar-refractivity contribution >= 4 is 17.4 Å². The first kappa shape index (κ1) is 11.1. The third kappa shape index (κ3) is 2.58. The fourth-order valence-corrected chi connectivity index (χ4v) is 2.35. The van der Waals surface area contributed by atoms with Gasteiger partial charge in [-0.1, -0.05) is 30.3 Å². The minimum atomic E-state index is 0.837. The SMILES string of the molecule is CSc1ccc(N)cc1Cc1ccccc1. The Morgan fingerprint density at radius 3 is 2.50 bits per heavy atom. The van der Waals surface area contributed by atoms with Gasteiger partial charge in [-0.25, -0.2) is 0 Å². The van der Waals surface area contributed by atoms with Crippen LogP contribution in [0, 0.1) is 0 Å². The molecule has 0 bridgehead atoms. The van der Waals surface area contributed by atoms with Gasteiger partial charge in [0.25, 0.3) is 0 Å². The van der Waals surface area contributed by atoms with Crippen LogP contribution in [0.25, 0.3) is 0 Å². The summed E-state index contributed by atoms with van der Waals surface area (Å²) < 4.78 is 0. The molecule has 0 spiro atoms. The van der Waals surface area contributed by atoms with Crippen molar-refractivity contribution in [3.05, 3.63) is 59.7 Å². The second kappa shape index (κ2) is 5.08. The van der Waals surface area contributed by atoms with Gasteiger partial charge in [0.1, 0.15) is 0 Å². The second-order valence-corrected chi connectivity index (χ2v) is 4.58. The maximum atomic E-state index is 5.83. The fraction of sp³-hybridized carbons (Fsp3) is 0.143. The molecule has 0 aliphatic heterocycles. The quantitative estimate of drug-likeness (QED) is 0.643. The summed E-state index contributed by atoms with van der Waals surface area (Å²) in [5.41, 5.74) is 9.29. The van der Waals surface area contributed by atoms with Gasteiger partial charge in [0.2, 0.25) is 0 Å². The fourth-order valence-electron chi connectivity index (χ4n) is 1.75. The highest BCUT2D eigenvalue weighted by Crippen LogP contribution is 2.24. The van der Waals surface area contributed by atoms with Crippen LogP contribution in [0.3, 0.4) is 0 Å². The monoisotopic (exact) mass is 229 g/mol. The van der Waals surface area contributed by atoms with Gasteiger partial charge in [-0.05, 0) is 42.0 Å². The molecule has 0 fully saturated rings. The first-order valence-corrected chi connectivity index (χ1v) is 6.48. The van der Waals surface area contributed by atoms with E-state index in [-0.39, 0.29) is 0 Å². The van der Waals surface area contributed by atoms with Crippen molar-refractivity contribution in [3.8, 4) is 0 Å². The molecule has 0 atom stereocenters. The third-order valence-electron chi connectivity index (χ3n) is 2.54. The van der Waals surface area contributed by atoms with Gasteiger partial charge in [-0.3, -0.25) is 0 Å². The van der Waals surface area contributed by atoms with Crippen molar-refractivity contribution in [3.63, 3.8) is 0 Å². The summed E-state index contributed by atoms with van der Waals surface area (Å²) in [6.07, 6.45) is 3.04. The van der Waals surface area contributed by atoms with E-state index in [1.54, 1.807) is 11.8 Å². The summed E-state index contributed by atoms with van der Waals surface area (Å²) >= 11 is 1.77. The molecule has 0 aliphatic carbocycles. The molecule has 0 unspecified atom stereocenters. The molecule has 82 valence electrons. The van der Waals surface area contributed by atoms with Gasteiger partial charge in [0, 0.05) is 10.6 Å². The van der Waals surface area contributed by atoms with Gasteiger partial charge in [-0.2, -0.15) is 0 Å². The van der Waals surface area contributed by atoms with Crippen molar-refractivity contribution in [2.24, 2.45) is 0 Å². The number of anilines is 1. The van der Waals surface area contributed by atoms with Crippen molar-refractivity contribution < 1.29 is 0 Å². The van der Waals surface area contributed by atoms with Crippen LogP contribution in [0.4, 0.5) is 5.69 Å². The van der Waals surface area contributed by atoms with E-state index in [4.69, 9.17) is 5.73 Å². The van der Waals surface area contributed by atoms with Gasteiger partial charge >= 0.3 is 0 Å². The van der Waals surface area contributed by atoms with E-state index in [1.807, 2.05) is 12.1 Å². The Balaban J connectivity index is 2.30. The molecule has 2 aromatic carbocycles. The van der Waals surface area contributed by atoms with E-state index in [2.05, 4.69) is 42.7 Å². The van der Waals surface area contributed by atoms with E-state index in [9.17, 15) is 0 Å². The Morgan fingerprint density at radius 1 is 1.06 bits per heavy atom. The van der Waals surface area contributed by atoms with E-state index in [0.29, 0.717) is 0 Å². The summed E-state index contributed by atoms with van der Waals surface area (Å²) in [5, 5.41) is 0. The van der Waals surface area contributed by atoms with E-state index in [1.165, 1.54) is 16.0 Å². The van der Waals surface area contributed by atoms with Crippen LogP contribution in [0.2, 0.25) is 0 Å². The molecule has 1 nitrogen and oxygen atoms in total. The summed E-state index contributed by atoms with van der Waals surface area (Å²) in [7, 11) is 0. The smallest absolute Gasteiger partial charge is 0.0317 e. The molecule has 0 heterocycles. The number of nitrogens with two attached hydrogens (primary N) is 1. The maximum absolute atomic E-state index is 5.83. The minimum Gasteiger partial charge on any atom is -0.399 e. The highest BCUT2D eigenvalue weighted by Gasteiger charge is 2.03. The van der Waals surface area contributed by atoms with Gasteiger partial charge in [-0.15, -0.1) is 11.8 Å². The Hall–Kier alpha value is -1.41. The van der Waals surface area contributed by atoms with Crippen LogP contribution in [-0.2, 0) is 6.42 Å². The normalized spacial score (nSPS) is 10.3. The number of thioether (sulfide) groups is 1. The van der Waals surface area contributed by atoms with Crippen molar-refractivity contribution in [1.82, 2.24) is 0 Å². The van der Waals surface area contributed by atoms with Crippen LogP contribution in [-0.4, -0.2) is 6.26 Å². The van der Waals surface area contributed by atoms with Crippen LogP contribution >= 0.6 is 11.8 Å². The summed E-state index contributed by atoms with van der Waals surface area (Å²) in [4.78, 5) is 1.30. The highest BCUT2D eigenvalue weighted by atomic mass is 32.2. The molecule has 0 saturated heterocycles. The van der Waals surface area contributed by atoms with Crippen molar-refractivity contribution in [2.45, 2.75) is 11.3 Å². The lowest BCUT2D eigenvalue weighted by Gasteiger charge is -2.08. The number of rotatable bonds is 3. The molecule has 2 heteroatoms. The summed E-state index contributed by atoms with van der Waals surface area (Å²) in [6, 6.07) is 16.6. The molecule has 0 amide bonds. The summed E-state index contributed by atoms with van der Waals surface area (Å²) in [6.45, 7) is 0. The predicted octanol–water partition coefficient (Wildman–Crippen LogP) is 3.58. The zero-order chi connectivity index (χ0) is 11.4. The first-order valence-electron chi connectivity index (χ1n) is 5.26. The third-order valence-corrected chi connectivity index (χ3v) is 3.38. The number of hydrogen-bond donors (Lipinski definition) is 1. The van der Waals surface area contributed by atoms with Gasteiger partial charge in [0.15, 0.2) is 0 Å². The van der Waals surface area contributed by atoms with Crippen molar-refractivity contribution in [1.29, 1.82) is 0 Å². The second-order valence-electron chi connectivity index (χ2n) is 3.73. The molecule has 0 radical (unpaired) electrons. The lowest BCUT2D eigenvalue weighted by molar-refractivity contribution is 1.13. The Bertz CT molecular complexity index is 465. The Morgan fingerprint density at radius 2 is 1.81 bits per heavy atom. The maximum Gasteiger partial charge on any atom is 0.0317 e. The molecule has 2 rings (SSSR count). The molecule has 2 aromatic rings. The number of nitrogen functional groups attached to an aromatic ring is 1. The van der Waals surface area contributed by atoms with E-state index >= 15 is 0 Å². The largest absolute Gasteiger partial charge is 0.399 e.